The molecule has 0 saturated heterocycles. The third-order valence-electron chi connectivity index (χ3n) is 12.8. The first-order valence-electron chi connectivity index (χ1n) is 22.7. The molecule has 0 bridgehead atoms. The fraction of sp³-hybridized carbons (Fsp3) is 0.276. The fourth-order valence-electron chi connectivity index (χ4n) is 9.00. The van der Waals surface area contributed by atoms with E-state index in [0.717, 1.165) is 62.2 Å². The molecule has 3 heterocycles. The first-order chi connectivity index (χ1) is 30.5. The average molecular weight is 1020 g/mol. The predicted octanol–water partition coefficient (Wildman–Crippen LogP) is 15.6. The van der Waals surface area contributed by atoms with E-state index in [0.29, 0.717) is 5.92 Å². The number of anilines is 2. The van der Waals surface area contributed by atoms with Crippen molar-refractivity contribution in [3.63, 3.8) is 0 Å². The Balaban J connectivity index is 1.23. The van der Waals surface area contributed by atoms with Gasteiger partial charge in [-0.25, -0.2) is 0 Å². The van der Waals surface area contributed by atoms with Gasteiger partial charge in [-0.1, -0.05) is 20.8 Å². The van der Waals surface area contributed by atoms with E-state index in [4.69, 9.17) is 9.72 Å². The number of rotatable bonds is 7. The van der Waals surface area contributed by atoms with Crippen LogP contribution in [0.2, 0.25) is 0 Å². The van der Waals surface area contributed by atoms with Gasteiger partial charge in [0.15, 0.2) is 0 Å². The molecule has 0 radical (unpaired) electrons. The number of hydrogen-bond donors (Lipinski definition) is 0. The number of aromatic nitrogens is 3. The zero-order valence-electron chi connectivity index (χ0n) is 38.9. The second-order valence-electron chi connectivity index (χ2n) is 20.6. The summed E-state index contributed by atoms with van der Waals surface area (Å²) in [5.74, 6) is 3.03. The van der Waals surface area contributed by atoms with Gasteiger partial charge in [-0.3, -0.25) is 0 Å². The summed E-state index contributed by atoms with van der Waals surface area (Å²) in [6.07, 6.45) is 3.02. The minimum absolute atomic E-state index is 0.0256. The molecule has 1 aliphatic heterocycles. The molecule has 2 aromatic heterocycles. The van der Waals surface area contributed by atoms with Gasteiger partial charge in [0, 0.05) is 6.20 Å². The molecule has 328 valence electrons. The molecule has 0 amide bonds. The maximum absolute atomic E-state index is 7.01. The van der Waals surface area contributed by atoms with Crippen molar-refractivity contribution in [2.24, 2.45) is 0 Å². The van der Waals surface area contributed by atoms with Crippen LogP contribution in [0.25, 0.3) is 44.7 Å². The molecule has 5 nitrogen and oxygen atoms in total. The van der Waals surface area contributed by atoms with Crippen molar-refractivity contribution in [1.29, 1.82) is 0 Å². The molecule has 0 spiro atoms. The van der Waals surface area contributed by atoms with Crippen LogP contribution in [0.15, 0.2) is 152 Å². The van der Waals surface area contributed by atoms with Crippen molar-refractivity contribution in [2.45, 2.75) is 97.8 Å². The van der Waals surface area contributed by atoms with E-state index in [1.54, 1.807) is 0 Å². The minimum atomic E-state index is -0.145. The van der Waals surface area contributed by atoms with E-state index >= 15 is 0 Å². The molecular formula is C58H60N4OPt. The summed E-state index contributed by atoms with van der Waals surface area (Å²) in [4.78, 5) is 7.27. The standard InChI is InChI=1S/C58H60N4O.Pt/c1-39-28-30-60(54-35-42(27-29-59-54)56(2,3)4)53-37-46(25-26-48(39)53)63-47-32-43(57(5,6)7)31-45(36-47)61-38-62(52-24-18-17-23-51(52)61)55-49(40-19-13-11-14-20-40)33-44(58(8,9)10)34-50(55)41-21-15-12-16-22-41;/h11-27,29,31-37,39H,28,30H2,1-10H3;. The van der Waals surface area contributed by atoms with Crippen LogP contribution in [0.1, 0.15) is 104 Å². The van der Waals surface area contributed by atoms with Crippen LogP contribution in [0, 0.1) is 3.80 Å². The van der Waals surface area contributed by atoms with Gasteiger partial charge in [0.25, 0.3) is 0 Å². The molecular weight excluding hydrogens is 964 g/mol. The summed E-state index contributed by atoms with van der Waals surface area (Å²) >= 11 is 2.56. The number of hydrogen-bond acceptors (Lipinski definition) is 3. The van der Waals surface area contributed by atoms with E-state index in [2.05, 4.69) is 248 Å². The Kier molecular flexibility index (Phi) is 11.3. The average Bonchev–Trinajstić information content (AvgIpc) is 3.56. The number of nitrogens with zero attached hydrogens (tertiary/aromatic N) is 4. The van der Waals surface area contributed by atoms with Crippen molar-refractivity contribution < 1.29 is 24.1 Å². The number of para-hydroxylation sites is 2. The molecule has 8 aromatic rings. The van der Waals surface area contributed by atoms with Crippen molar-refractivity contribution in [1.82, 2.24) is 14.1 Å². The zero-order chi connectivity index (χ0) is 45.1. The normalized spacial score (nSPS) is 14.5. The van der Waals surface area contributed by atoms with Gasteiger partial charge in [0.1, 0.15) is 0 Å². The Bertz CT molecular complexity index is 3010. The molecule has 1 unspecified atom stereocenters. The number of fused-ring (bicyclic) bond motifs is 2. The van der Waals surface area contributed by atoms with Crippen LogP contribution in [0.3, 0.4) is 0 Å². The molecule has 0 aliphatic carbocycles. The van der Waals surface area contributed by atoms with Gasteiger partial charge in [-0.15, -0.1) is 0 Å². The van der Waals surface area contributed by atoms with Gasteiger partial charge in [-0.05, 0) is 17.0 Å². The van der Waals surface area contributed by atoms with Gasteiger partial charge in [0.2, 0.25) is 0 Å². The topological polar surface area (TPSA) is 35.2 Å². The second-order valence-corrected chi connectivity index (χ2v) is 21.6. The van der Waals surface area contributed by atoms with Crippen molar-refractivity contribution in [3.8, 4) is 45.1 Å². The van der Waals surface area contributed by atoms with E-state index in [9.17, 15) is 0 Å². The van der Waals surface area contributed by atoms with Crippen LogP contribution in [-0.2, 0) is 35.6 Å². The van der Waals surface area contributed by atoms with Crippen molar-refractivity contribution in [3.05, 3.63) is 178 Å². The quantitative estimate of drug-likeness (QED) is 0.160. The molecule has 0 N–H and O–H groups in total. The first kappa shape index (κ1) is 43.5. The first-order valence-corrected chi connectivity index (χ1v) is 23.8. The van der Waals surface area contributed by atoms with Crippen molar-refractivity contribution >= 4 is 22.5 Å². The summed E-state index contributed by atoms with van der Waals surface area (Å²) in [6, 6.07) is 53.2. The molecule has 9 rings (SSSR count). The Labute approximate surface area is 390 Å². The Hall–Kier alpha value is -5.77. The Morgan fingerprint density at radius 2 is 1.12 bits per heavy atom. The number of ether oxygens (including phenoxy) is 1. The summed E-state index contributed by atoms with van der Waals surface area (Å²) < 4.78 is 13.0. The molecule has 64 heavy (non-hydrogen) atoms. The van der Waals surface area contributed by atoms with Gasteiger partial charge in [0.05, 0.1) is 0 Å². The summed E-state index contributed by atoms with van der Waals surface area (Å²) in [5.41, 5.74) is 15.3. The van der Waals surface area contributed by atoms with Gasteiger partial charge >= 0.3 is 349 Å². The summed E-state index contributed by atoms with van der Waals surface area (Å²) in [6.45, 7) is 23.8. The van der Waals surface area contributed by atoms with E-state index in [-0.39, 0.29) is 16.2 Å². The predicted molar refractivity (Wildman–Crippen MR) is 264 cm³/mol. The van der Waals surface area contributed by atoms with E-state index in [1.807, 2.05) is 6.20 Å². The van der Waals surface area contributed by atoms with Crippen LogP contribution in [0.5, 0.6) is 11.5 Å². The number of benzene rings is 6. The van der Waals surface area contributed by atoms with Crippen molar-refractivity contribution in [2.75, 3.05) is 11.4 Å². The number of imidazole rings is 1. The molecule has 6 heteroatoms. The monoisotopic (exact) mass is 1020 g/mol. The van der Waals surface area contributed by atoms with E-state index in [1.165, 1.54) is 44.5 Å². The molecule has 1 atom stereocenters. The van der Waals surface area contributed by atoms with E-state index < -0.39 is 0 Å². The molecule has 1 aliphatic rings. The SMILES string of the molecule is CC1CCN(c2cc(C(C)(C)C)ccn2)c2cc(Oc3cc(-n4[c](=[Pt])n(-c5c(-c6ccccc6)cc(C(C)(C)C)cc5-c5ccccc5)c5ccccc54)cc(C(C)(C)C)c3)ccc21. The van der Waals surface area contributed by atoms with Gasteiger partial charge < -0.3 is 0 Å². The third-order valence-corrected chi connectivity index (χ3v) is 13.8. The third kappa shape index (κ3) is 8.36. The molecule has 0 saturated carbocycles. The summed E-state index contributed by atoms with van der Waals surface area (Å²) in [7, 11) is 0. The molecule has 6 aromatic carbocycles. The molecule has 0 fully saturated rings. The van der Waals surface area contributed by atoms with Crippen LogP contribution in [-0.4, -0.2) is 20.7 Å². The maximum atomic E-state index is 7.01. The van der Waals surface area contributed by atoms with Crippen LogP contribution >= 0.6 is 0 Å². The zero-order valence-corrected chi connectivity index (χ0v) is 41.2. The number of pyridine rings is 1. The Morgan fingerprint density at radius 3 is 1.72 bits per heavy atom. The van der Waals surface area contributed by atoms with Crippen LogP contribution < -0.4 is 9.64 Å². The van der Waals surface area contributed by atoms with Gasteiger partial charge in [-0.2, -0.15) is 0 Å². The second kappa shape index (κ2) is 16.7. The summed E-state index contributed by atoms with van der Waals surface area (Å²) in [5, 5.41) is 0. The fourth-order valence-corrected chi connectivity index (χ4v) is 10.1. The van der Waals surface area contributed by atoms with Crippen LogP contribution in [0.4, 0.5) is 11.5 Å². The Morgan fingerprint density at radius 1 is 0.562 bits per heavy atom.